The summed E-state index contributed by atoms with van der Waals surface area (Å²) in [4.78, 5) is 27.2. The third kappa shape index (κ3) is 6.69. The summed E-state index contributed by atoms with van der Waals surface area (Å²) in [6, 6.07) is 17.2. The summed E-state index contributed by atoms with van der Waals surface area (Å²) in [5, 5.41) is 5.75. The van der Waals surface area contributed by atoms with Crippen molar-refractivity contribution in [3.63, 3.8) is 0 Å². The second-order valence-corrected chi connectivity index (χ2v) is 7.75. The van der Waals surface area contributed by atoms with Crippen LogP contribution in [0.15, 0.2) is 60.7 Å². The number of carbonyl (C=O) groups excluding carboxylic acids is 2. The Morgan fingerprint density at radius 3 is 2.39 bits per heavy atom. The predicted octanol–water partition coefficient (Wildman–Crippen LogP) is 3.17. The van der Waals surface area contributed by atoms with Crippen molar-refractivity contribution in [2.45, 2.75) is 31.8 Å². The standard InChI is InChI=1S/C25H31N3O3/c1-19(27-24(29)15-12-20-10-13-22(31-2)14-11-20)25(30)26-18-23(28-16-6-7-17-28)21-8-4-3-5-9-21/h3-5,8-15,19,23H,6-7,16-18H2,1-2H3,(H,26,30)(H,27,29)/b15-12+. The molecule has 2 amide bonds. The third-order valence-corrected chi connectivity index (χ3v) is 5.53. The fourth-order valence-corrected chi connectivity index (χ4v) is 3.75. The van der Waals surface area contributed by atoms with E-state index in [0.717, 1.165) is 24.4 Å². The van der Waals surface area contributed by atoms with Crippen LogP contribution in [0, 0.1) is 0 Å². The van der Waals surface area contributed by atoms with Gasteiger partial charge < -0.3 is 15.4 Å². The first-order valence-corrected chi connectivity index (χ1v) is 10.8. The number of methoxy groups -OCH3 is 1. The molecule has 0 aliphatic carbocycles. The van der Waals surface area contributed by atoms with Crippen LogP contribution in [-0.2, 0) is 9.59 Å². The molecule has 0 spiro atoms. The average Bonchev–Trinajstić information content (AvgIpc) is 3.33. The van der Waals surface area contributed by atoms with E-state index in [0.29, 0.717) is 6.54 Å². The average molecular weight is 422 g/mol. The topological polar surface area (TPSA) is 70.7 Å². The number of benzene rings is 2. The summed E-state index contributed by atoms with van der Waals surface area (Å²) >= 11 is 0. The Morgan fingerprint density at radius 2 is 1.74 bits per heavy atom. The lowest BCUT2D eigenvalue weighted by Gasteiger charge is -2.28. The summed E-state index contributed by atoms with van der Waals surface area (Å²) in [6.45, 7) is 4.29. The first-order chi connectivity index (χ1) is 15.1. The number of nitrogens with one attached hydrogen (secondary N) is 2. The van der Waals surface area contributed by atoms with E-state index >= 15 is 0 Å². The maximum absolute atomic E-state index is 12.6. The SMILES string of the molecule is COc1ccc(/C=C/C(=O)NC(C)C(=O)NCC(c2ccccc2)N2CCCC2)cc1. The van der Waals surface area contributed by atoms with Crippen molar-refractivity contribution < 1.29 is 14.3 Å². The molecule has 2 aromatic carbocycles. The molecule has 2 atom stereocenters. The van der Waals surface area contributed by atoms with E-state index in [2.05, 4.69) is 27.7 Å². The molecule has 6 heteroatoms. The molecule has 1 fully saturated rings. The van der Waals surface area contributed by atoms with Gasteiger partial charge in [-0.2, -0.15) is 0 Å². The van der Waals surface area contributed by atoms with Crippen LogP contribution < -0.4 is 15.4 Å². The fourth-order valence-electron chi connectivity index (χ4n) is 3.75. The molecule has 2 unspecified atom stereocenters. The van der Waals surface area contributed by atoms with Gasteiger partial charge in [0.2, 0.25) is 11.8 Å². The number of amides is 2. The van der Waals surface area contributed by atoms with Crippen LogP contribution in [0.2, 0.25) is 0 Å². The lowest BCUT2D eigenvalue weighted by atomic mass is 10.1. The molecule has 1 saturated heterocycles. The first kappa shape index (κ1) is 22.6. The minimum atomic E-state index is -0.622. The summed E-state index contributed by atoms with van der Waals surface area (Å²) in [5.74, 6) is 0.263. The number of rotatable bonds is 9. The van der Waals surface area contributed by atoms with Crippen molar-refractivity contribution in [3.05, 3.63) is 71.8 Å². The Labute approximate surface area is 184 Å². The molecule has 0 radical (unpaired) electrons. The highest BCUT2D eigenvalue weighted by molar-refractivity contribution is 5.95. The third-order valence-electron chi connectivity index (χ3n) is 5.53. The van der Waals surface area contributed by atoms with Gasteiger partial charge in [-0.25, -0.2) is 0 Å². The number of ether oxygens (including phenoxy) is 1. The van der Waals surface area contributed by atoms with Gasteiger partial charge in [0.15, 0.2) is 0 Å². The van der Waals surface area contributed by atoms with E-state index in [1.807, 2.05) is 42.5 Å². The smallest absolute Gasteiger partial charge is 0.244 e. The van der Waals surface area contributed by atoms with E-state index in [1.165, 1.54) is 24.5 Å². The zero-order chi connectivity index (χ0) is 22.1. The summed E-state index contributed by atoms with van der Waals surface area (Å²) in [5.41, 5.74) is 2.08. The van der Waals surface area contributed by atoms with Crippen molar-refractivity contribution in [2.24, 2.45) is 0 Å². The maximum atomic E-state index is 12.6. The molecule has 164 valence electrons. The number of hydrogen-bond donors (Lipinski definition) is 2. The molecular formula is C25H31N3O3. The Bertz CT molecular complexity index is 875. The first-order valence-electron chi connectivity index (χ1n) is 10.8. The van der Waals surface area contributed by atoms with E-state index < -0.39 is 6.04 Å². The molecule has 31 heavy (non-hydrogen) atoms. The van der Waals surface area contributed by atoms with Crippen LogP contribution in [0.1, 0.15) is 36.9 Å². The molecule has 1 aliphatic heterocycles. The largest absolute Gasteiger partial charge is 0.497 e. The Hall–Kier alpha value is -3.12. The molecule has 0 saturated carbocycles. The van der Waals surface area contributed by atoms with Gasteiger partial charge in [0.1, 0.15) is 11.8 Å². The molecule has 1 aliphatic rings. The fraction of sp³-hybridized carbons (Fsp3) is 0.360. The van der Waals surface area contributed by atoms with E-state index in [-0.39, 0.29) is 17.9 Å². The lowest BCUT2D eigenvalue weighted by Crippen LogP contribution is -2.46. The highest BCUT2D eigenvalue weighted by Crippen LogP contribution is 2.24. The normalized spacial score (nSPS) is 16.1. The molecule has 1 heterocycles. The predicted molar refractivity (Wildman–Crippen MR) is 123 cm³/mol. The van der Waals surface area contributed by atoms with Crippen molar-refractivity contribution >= 4 is 17.9 Å². The molecule has 2 aromatic rings. The highest BCUT2D eigenvalue weighted by atomic mass is 16.5. The number of carbonyl (C=O) groups is 2. The highest BCUT2D eigenvalue weighted by Gasteiger charge is 2.24. The van der Waals surface area contributed by atoms with Gasteiger partial charge in [-0.3, -0.25) is 14.5 Å². The van der Waals surface area contributed by atoms with Crippen LogP contribution in [0.3, 0.4) is 0 Å². The minimum absolute atomic E-state index is 0.144. The Morgan fingerprint density at radius 1 is 1.06 bits per heavy atom. The Balaban J connectivity index is 1.51. The maximum Gasteiger partial charge on any atom is 0.244 e. The molecule has 6 nitrogen and oxygen atoms in total. The van der Waals surface area contributed by atoms with Gasteiger partial charge >= 0.3 is 0 Å². The summed E-state index contributed by atoms with van der Waals surface area (Å²) < 4.78 is 5.12. The quantitative estimate of drug-likeness (QED) is 0.610. The van der Waals surface area contributed by atoms with Gasteiger partial charge in [0, 0.05) is 12.6 Å². The molecule has 0 bridgehead atoms. The van der Waals surface area contributed by atoms with E-state index in [4.69, 9.17) is 4.74 Å². The Kier molecular flexibility index (Phi) is 8.24. The molecule has 0 aromatic heterocycles. The zero-order valence-corrected chi connectivity index (χ0v) is 18.2. The van der Waals surface area contributed by atoms with Crippen LogP contribution >= 0.6 is 0 Å². The van der Waals surface area contributed by atoms with Crippen LogP contribution in [0.5, 0.6) is 5.75 Å². The minimum Gasteiger partial charge on any atom is -0.497 e. The monoisotopic (exact) mass is 421 g/mol. The van der Waals surface area contributed by atoms with Crippen molar-refractivity contribution in [1.82, 2.24) is 15.5 Å². The van der Waals surface area contributed by atoms with Crippen LogP contribution in [0.4, 0.5) is 0 Å². The number of likely N-dealkylation sites (tertiary alicyclic amines) is 1. The summed E-state index contributed by atoms with van der Waals surface area (Å²) in [6.07, 6.45) is 5.51. The molecule has 2 N–H and O–H groups in total. The second kappa shape index (κ2) is 11.3. The van der Waals surface area contributed by atoms with Crippen molar-refractivity contribution in [1.29, 1.82) is 0 Å². The van der Waals surface area contributed by atoms with Gasteiger partial charge in [0.05, 0.1) is 13.2 Å². The van der Waals surface area contributed by atoms with Gasteiger partial charge in [-0.15, -0.1) is 0 Å². The van der Waals surface area contributed by atoms with Crippen LogP contribution in [0.25, 0.3) is 6.08 Å². The molecule has 3 rings (SSSR count). The van der Waals surface area contributed by atoms with E-state index in [9.17, 15) is 9.59 Å². The summed E-state index contributed by atoms with van der Waals surface area (Å²) in [7, 11) is 1.61. The van der Waals surface area contributed by atoms with Gasteiger partial charge in [-0.05, 0) is 62.2 Å². The van der Waals surface area contributed by atoms with E-state index in [1.54, 1.807) is 20.1 Å². The number of nitrogens with zero attached hydrogens (tertiary/aromatic N) is 1. The lowest BCUT2D eigenvalue weighted by molar-refractivity contribution is -0.126. The van der Waals surface area contributed by atoms with Gasteiger partial charge in [-0.1, -0.05) is 42.5 Å². The number of hydrogen-bond acceptors (Lipinski definition) is 4. The molecular weight excluding hydrogens is 390 g/mol. The van der Waals surface area contributed by atoms with Crippen molar-refractivity contribution in [2.75, 3.05) is 26.7 Å². The van der Waals surface area contributed by atoms with Crippen LogP contribution in [-0.4, -0.2) is 49.5 Å². The van der Waals surface area contributed by atoms with Crippen molar-refractivity contribution in [3.8, 4) is 5.75 Å². The van der Waals surface area contributed by atoms with Gasteiger partial charge in [0.25, 0.3) is 0 Å². The second-order valence-electron chi connectivity index (χ2n) is 7.75. The zero-order valence-electron chi connectivity index (χ0n) is 18.2.